The minimum atomic E-state index is -0.151. The Morgan fingerprint density at radius 1 is 1.32 bits per heavy atom. The number of carbonyl (C=O) groups excluding carboxylic acids is 1. The van der Waals surface area contributed by atoms with E-state index in [1.807, 2.05) is 18.2 Å². The number of hydrogen-bond acceptors (Lipinski definition) is 2. The van der Waals surface area contributed by atoms with Crippen molar-refractivity contribution in [2.45, 2.75) is 38.0 Å². The number of methoxy groups -OCH3 is 1. The average Bonchev–Trinajstić information content (AvgIpc) is 3.25. The van der Waals surface area contributed by atoms with E-state index in [0.29, 0.717) is 0 Å². The predicted molar refractivity (Wildman–Crippen MR) is 75.2 cm³/mol. The number of benzene rings is 1. The molecule has 1 fully saturated rings. The summed E-state index contributed by atoms with van der Waals surface area (Å²) in [5.74, 6) is 1.77. The van der Waals surface area contributed by atoms with E-state index in [4.69, 9.17) is 4.74 Å². The van der Waals surface area contributed by atoms with Gasteiger partial charge in [-0.2, -0.15) is 0 Å². The molecule has 1 aromatic rings. The third kappa shape index (κ3) is 2.09. The zero-order valence-electron chi connectivity index (χ0n) is 11.6. The molecule has 2 nitrogen and oxygen atoms in total. The van der Waals surface area contributed by atoms with Gasteiger partial charge in [-0.3, -0.25) is 4.79 Å². The first kappa shape index (κ1) is 12.5. The lowest BCUT2D eigenvalue weighted by atomic mass is 9.70. The smallest absolute Gasteiger partial charge is 0.189 e. The maximum atomic E-state index is 12.1. The van der Waals surface area contributed by atoms with E-state index in [-0.39, 0.29) is 11.2 Å². The van der Waals surface area contributed by atoms with Crippen LogP contribution in [0.5, 0.6) is 0 Å². The van der Waals surface area contributed by atoms with E-state index >= 15 is 0 Å². The molecule has 0 spiro atoms. The molecule has 2 heteroatoms. The van der Waals surface area contributed by atoms with Crippen molar-refractivity contribution in [3.05, 3.63) is 47.2 Å². The Kier molecular flexibility index (Phi) is 2.96. The molecule has 19 heavy (non-hydrogen) atoms. The fourth-order valence-electron chi connectivity index (χ4n) is 3.11. The first-order valence-electron chi connectivity index (χ1n) is 7.05. The van der Waals surface area contributed by atoms with Gasteiger partial charge in [0.1, 0.15) is 5.76 Å². The number of hydrogen-bond donors (Lipinski definition) is 0. The fraction of sp³-hybridized carbons (Fsp3) is 0.471. The monoisotopic (exact) mass is 256 g/mol. The van der Waals surface area contributed by atoms with Gasteiger partial charge < -0.3 is 4.74 Å². The zero-order valence-corrected chi connectivity index (χ0v) is 11.6. The molecular weight excluding hydrogens is 236 g/mol. The number of fused-ring (bicyclic) bond motifs is 1. The number of carbonyl (C=O) groups is 1. The van der Waals surface area contributed by atoms with Crippen molar-refractivity contribution in [3.63, 3.8) is 0 Å². The highest BCUT2D eigenvalue weighted by Gasteiger charge is 2.40. The van der Waals surface area contributed by atoms with Crippen LogP contribution in [0.1, 0.15) is 48.5 Å². The van der Waals surface area contributed by atoms with Gasteiger partial charge in [0.2, 0.25) is 0 Å². The molecule has 0 aromatic heterocycles. The van der Waals surface area contributed by atoms with Gasteiger partial charge in [0.25, 0.3) is 0 Å². The van der Waals surface area contributed by atoms with E-state index in [2.05, 4.69) is 13.0 Å². The molecule has 1 unspecified atom stereocenters. The Hall–Kier alpha value is -1.57. The topological polar surface area (TPSA) is 26.3 Å². The van der Waals surface area contributed by atoms with E-state index in [9.17, 15) is 4.79 Å². The molecule has 2 aliphatic rings. The number of allylic oxidation sites excluding steroid dienone is 2. The van der Waals surface area contributed by atoms with Gasteiger partial charge in [-0.1, -0.05) is 37.1 Å². The summed E-state index contributed by atoms with van der Waals surface area (Å²) < 4.78 is 5.53. The lowest BCUT2D eigenvalue weighted by Gasteiger charge is -2.36. The highest BCUT2D eigenvalue weighted by Crippen LogP contribution is 2.45. The average molecular weight is 256 g/mol. The van der Waals surface area contributed by atoms with Crippen LogP contribution in [0.3, 0.4) is 0 Å². The lowest BCUT2D eigenvalue weighted by Crippen LogP contribution is -2.32. The fourth-order valence-corrected chi connectivity index (χ4v) is 3.11. The molecule has 1 aromatic carbocycles. The number of ether oxygens (including phenoxy) is 1. The molecule has 0 saturated heterocycles. The largest absolute Gasteiger partial charge is 0.500 e. The van der Waals surface area contributed by atoms with Crippen molar-refractivity contribution in [1.29, 1.82) is 0 Å². The molecule has 100 valence electrons. The number of ketones is 1. The molecular formula is C17H20O2. The molecule has 0 amide bonds. The van der Waals surface area contributed by atoms with Crippen LogP contribution >= 0.6 is 0 Å². The number of rotatable bonds is 4. The molecule has 3 rings (SSSR count). The summed E-state index contributed by atoms with van der Waals surface area (Å²) in [5.41, 5.74) is 1.81. The summed E-state index contributed by atoms with van der Waals surface area (Å²) in [7, 11) is 1.67. The Morgan fingerprint density at radius 3 is 2.74 bits per heavy atom. The first-order chi connectivity index (χ1) is 9.15. The van der Waals surface area contributed by atoms with Crippen molar-refractivity contribution in [1.82, 2.24) is 0 Å². The van der Waals surface area contributed by atoms with Crippen LogP contribution in [0.4, 0.5) is 0 Å². The van der Waals surface area contributed by atoms with Gasteiger partial charge in [0, 0.05) is 11.6 Å². The lowest BCUT2D eigenvalue weighted by molar-refractivity contribution is 0.102. The summed E-state index contributed by atoms with van der Waals surface area (Å²) >= 11 is 0. The van der Waals surface area contributed by atoms with Crippen molar-refractivity contribution >= 4 is 5.78 Å². The normalized spacial score (nSPS) is 25.8. The summed E-state index contributed by atoms with van der Waals surface area (Å²) in [6.45, 7) is 2.20. The summed E-state index contributed by atoms with van der Waals surface area (Å²) in [6.07, 6.45) is 6.68. The molecule has 0 heterocycles. The van der Waals surface area contributed by atoms with Crippen LogP contribution in [0.15, 0.2) is 36.1 Å². The second kappa shape index (κ2) is 4.52. The van der Waals surface area contributed by atoms with Crippen LogP contribution in [-0.4, -0.2) is 12.9 Å². The van der Waals surface area contributed by atoms with Gasteiger partial charge in [-0.25, -0.2) is 0 Å². The van der Waals surface area contributed by atoms with Gasteiger partial charge in [0.15, 0.2) is 5.78 Å². The van der Waals surface area contributed by atoms with Crippen molar-refractivity contribution in [2.75, 3.05) is 7.11 Å². The molecule has 0 bridgehead atoms. The standard InChI is InChI=1S/C17H20O2/c1-17(10-9-12-7-8-12)14-6-4-3-5-13(14)15(18)11-16(17)19-2/h3-6,11-12H,7-10H2,1-2H3. The van der Waals surface area contributed by atoms with Crippen LogP contribution in [0.25, 0.3) is 0 Å². The minimum Gasteiger partial charge on any atom is -0.500 e. The minimum absolute atomic E-state index is 0.0661. The molecule has 1 atom stereocenters. The van der Waals surface area contributed by atoms with Crippen molar-refractivity contribution in [3.8, 4) is 0 Å². The zero-order chi connectivity index (χ0) is 13.5. The summed E-state index contributed by atoms with van der Waals surface area (Å²) in [6, 6.07) is 7.95. The second-order valence-corrected chi connectivity index (χ2v) is 5.94. The highest BCUT2D eigenvalue weighted by atomic mass is 16.5. The third-order valence-corrected chi connectivity index (χ3v) is 4.56. The van der Waals surface area contributed by atoms with Gasteiger partial charge in [-0.05, 0) is 31.2 Å². The first-order valence-corrected chi connectivity index (χ1v) is 7.05. The van der Waals surface area contributed by atoms with Crippen molar-refractivity contribution in [2.24, 2.45) is 5.92 Å². The third-order valence-electron chi connectivity index (χ3n) is 4.56. The Balaban J connectivity index is 2.01. The van der Waals surface area contributed by atoms with E-state index < -0.39 is 0 Å². The van der Waals surface area contributed by atoms with Gasteiger partial charge in [0.05, 0.1) is 12.5 Å². The van der Waals surface area contributed by atoms with Crippen LogP contribution < -0.4 is 0 Å². The Labute approximate surface area is 114 Å². The molecule has 0 aliphatic heterocycles. The van der Waals surface area contributed by atoms with Crippen molar-refractivity contribution < 1.29 is 9.53 Å². The van der Waals surface area contributed by atoms with E-state index in [1.165, 1.54) is 19.3 Å². The predicted octanol–water partition coefficient (Wildman–Crippen LogP) is 3.86. The van der Waals surface area contributed by atoms with E-state index in [1.54, 1.807) is 13.2 Å². The summed E-state index contributed by atoms with van der Waals surface area (Å²) in [4.78, 5) is 12.1. The Bertz CT molecular complexity index is 540. The quantitative estimate of drug-likeness (QED) is 0.817. The summed E-state index contributed by atoms with van der Waals surface area (Å²) in [5, 5.41) is 0. The molecule has 2 aliphatic carbocycles. The molecule has 0 radical (unpaired) electrons. The maximum absolute atomic E-state index is 12.1. The maximum Gasteiger partial charge on any atom is 0.189 e. The van der Waals surface area contributed by atoms with Crippen LogP contribution in [0, 0.1) is 5.92 Å². The highest BCUT2D eigenvalue weighted by molar-refractivity contribution is 6.07. The van der Waals surface area contributed by atoms with Gasteiger partial charge in [-0.15, -0.1) is 0 Å². The van der Waals surface area contributed by atoms with E-state index in [0.717, 1.165) is 29.2 Å². The SMILES string of the molecule is COC1=CC(=O)c2ccccc2C1(C)CCC1CC1. The van der Waals surface area contributed by atoms with Gasteiger partial charge >= 0.3 is 0 Å². The van der Waals surface area contributed by atoms with Crippen LogP contribution in [0.2, 0.25) is 0 Å². The Morgan fingerprint density at radius 2 is 2.05 bits per heavy atom. The molecule has 1 saturated carbocycles. The van der Waals surface area contributed by atoms with Crippen LogP contribution in [-0.2, 0) is 10.2 Å². The molecule has 0 N–H and O–H groups in total. The second-order valence-electron chi connectivity index (χ2n) is 5.94.